The fourth-order valence-electron chi connectivity index (χ4n) is 11.4. The lowest BCUT2D eigenvalue weighted by Crippen LogP contribution is -2.39. The summed E-state index contributed by atoms with van der Waals surface area (Å²) < 4.78 is 14.9. The molecule has 0 N–H and O–H groups in total. The molecule has 4 aliphatic rings. The predicted molar refractivity (Wildman–Crippen MR) is 209 cm³/mol. The topological polar surface area (TPSA) is 0 Å². The minimum Gasteiger partial charge on any atom is -0.247 e. The summed E-state index contributed by atoms with van der Waals surface area (Å²) in [4.78, 5) is 0. The Balaban J connectivity index is 0.000000347. The van der Waals surface area contributed by atoms with Gasteiger partial charge in [0.15, 0.2) is 0 Å². The van der Waals surface area contributed by atoms with Gasteiger partial charge in [-0.05, 0) is 159 Å². The third kappa shape index (κ3) is 12.9. The van der Waals surface area contributed by atoms with Crippen LogP contribution >= 0.6 is 0 Å². The Hall–Kier alpha value is -0.0700. The zero-order valence-electron chi connectivity index (χ0n) is 35.0. The monoisotopic (exact) mass is 661 g/mol. The van der Waals surface area contributed by atoms with E-state index in [0.717, 1.165) is 89.3 Å². The number of alkyl halides is 1. The zero-order chi connectivity index (χ0) is 35.6. The fourth-order valence-corrected chi connectivity index (χ4v) is 11.4. The molecular weight excluding hydrogens is 572 g/mol. The van der Waals surface area contributed by atoms with Crippen LogP contribution in [0.5, 0.6) is 0 Å². The molecule has 0 aromatic carbocycles. The highest BCUT2D eigenvalue weighted by molar-refractivity contribution is 4.98. The van der Waals surface area contributed by atoms with Crippen LogP contribution in [0.4, 0.5) is 4.39 Å². The van der Waals surface area contributed by atoms with Gasteiger partial charge in [-0.1, -0.05) is 129 Å². The number of rotatable bonds is 12. The maximum Gasteiger partial charge on any atom is 0.100 e. The van der Waals surface area contributed by atoms with Crippen molar-refractivity contribution in [2.45, 2.75) is 193 Å². The van der Waals surface area contributed by atoms with Crippen molar-refractivity contribution in [3.63, 3.8) is 0 Å². The van der Waals surface area contributed by atoms with Gasteiger partial charge in [0.1, 0.15) is 6.17 Å². The van der Waals surface area contributed by atoms with Gasteiger partial charge in [-0.3, -0.25) is 0 Å². The molecule has 0 aromatic rings. The number of hydrogen-bond acceptors (Lipinski definition) is 0. The lowest BCUT2D eigenvalue weighted by Gasteiger charge is -2.46. The van der Waals surface area contributed by atoms with E-state index in [-0.39, 0.29) is 0 Å². The predicted octanol–water partition coefficient (Wildman–Crippen LogP) is 15.2. The Kier molecular flexibility index (Phi) is 19.0. The van der Waals surface area contributed by atoms with Gasteiger partial charge in [0.25, 0.3) is 0 Å². The van der Waals surface area contributed by atoms with Crippen molar-refractivity contribution in [3.05, 3.63) is 0 Å². The minimum atomic E-state index is -0.645. The first-order valence-electron chi connectivity index (χ1n) is 21.7. The maximum absolute atomic E-state index is 14.9. The molecule has 280 valence electrons. The molecule has 0 spiro atoms. The van der Waals surface area contributed by atoms with Crippen LogP contribution in [0.25, 0.3) is 0 Å². The highest BCUT2D eigenvalue weighted by atomic mass is 19.1. The van der Waals surface area contributed by atoms with Crippen molar-refractivity contribution >= 4 is 0 Å². The Labute approximate surface area is 297 Å². The smallest absolute Gasteiger partial charge is 0.100 e. The third-order valence-corrected chi connectivity index (χ3v) is 15.3. The third-order valence-electron chi connectivity index (χ3n) is 15.3. The molecule has 4 saturated carbocycles. The van der Waals surface area contributed by atoms with Crippen molar-refractivity contribution in [2.75, 3.05) is 0 Å². The van der Waals surface area contributed by atoms with Gasteiger partial charge in [-0.15, -0.1) is 0 Å². The van der Waals surface area contributed by atoms with E-state index < -0.39 is 6.17 Å². The summed E-state index contributed by atoms with van der Waals surface area (Å²) in [6.45, 7) is 35.3. The van der Waals surface area contributed by atoms with Gasteiger partial charge >= 0.3 is 0 Å². The van der Waals surface area contributed by atoms with Gasteiger partial charge in [-0.25, -0.2) is 4.39 Å². The summed E-state index contributed by atoms with van der Waals surface area (Å²) in [5, 5.41) is 0. The van der Waals surface area contributed by atoms with Crippen LogP contribution in [0.2, 0.25) is 0 Å². The Morgan fingerprint density at radius 2 is 1.26 bits per heavy atom. The molecule has 0 aliphatic heterocycles. The zero-order valence-corrected chi connectivity index (χ0v) is 35.0. The summed E-state index contributed by atoms with van der Waals surface area (Å²) in [5.41, 5.74) is 0. The van der Waals surface area contributed by atoms with Crippen molar-refractivity contribution < 1.29 is 4.39 Å². The second kappa shape index (κ2) is 20.7. The Morgan fingerprint density at radius 3 is 1.70 bits per heavy atom. The molecule has 4 fully saturated rings. The van der Waals surface area contributed by atoms with Crippen molar-refractivity contribution in [2.24, 2.45) is 101 Å². The van der Waals surface area contributed by atoms with Crippen molar-refractivity contribution in [3.8, 4) is 0 Å². The fraction of sp³-hybridized carbons (Fsp3) is 1.00. The lowest BCUT2D eigenvalue weighted by atomic mass is 9.59. The summed E-state index contributed by atoms with van der Waals surface area (Å²) in [5.74, 6) is 14.0. The molecule has 0 amide bonds. The quantitative estimate of drug-likeness (QED) is 0.195. The molecule has 15 atom stereocenters. The highest BCUT2D eigenvalue weighted by Crippen LogP contribution is 2.57. The van der Waals surface area contributed by atoms with E-state index in [1.165, 1.54) is 77.0 Å². The molecule has 4 aliphatic carbocycles. The lowest BCUT2D eigenvalue weighted by molar-refractivity contribution is 0.0223. The van der Waals surface area contributed by atoms with E-state index in [2.05, 4.69) is 96.9 Å². The molecule has 0 radical (unpaired) electrons. The largest absolute Gasteiger partial charge is 0.247 e. The first-order valence-corrected chi connectivity index (χ1v) is 21.7. The van der Waals surface area contributed by atoms with Gasteiger partial charge < -0.3 is 0 Å². The Morgan fingerprint density at radius 1 is 0.638 bits per heavy atom. The normalized spacial score (nSPS) is 37.1. The Bertz CT molecular complexity index is 812. The average molecular weight is 661 g/mol. The van der Waals surface area contributed by atoms with Crippen LogP contribution in [-0.4, -0.2) is 6.17 Å². The van der Waals surface area contributed by atoms with E-state index in [0.29, 0.717) is 17.8 Å². The molecular formula is C46H89F. The number of fused-ring (bicyclic) bond motifs is 1. The highest BCUT2D eigenvalue weighted by Gasteiger charge is 2.49. The summed E-state index contributed by atoms with van der Waals surface area (Å²) in [6, 6.07) is 0. The van der Waals surface area contributed by atoms with Gasteiger partial charge in [-0.2, -0.15) is 0 Å². The second-order valence-electron chi connectivity index (χ2n) is 19.8. The first-order chi connectivity index (χ1) is 22.0. The summed E-state index contributed by atoms with van der Waals surface area (Å²) >= 11 is 0. The SMILES string of the molecule is CC(C)C1CCC(C(CC(C)C2CC(C(C)C)CC3C(C)CC(C)C32)C(C)F)C1.CCC1CCC(C)C1.CCCC(C)C(C)C(C)C. The molecule has 15 unspecified atom stereocenters. The van der Waals surface area contributed by atoms with E-state index in [9.17, 15) is 4.39 Å². The molecule has 1 heteroatoms. The molecule has 0 aromatic heterocycles. The standard InChI is InChI=1S/C28H51F.C10H22.C8H16/c1-16(2)22-9-10-23(13-22)27(21(8)29)12-19(6)26-15-24(17(3)4)14-25-18(5)11-20(7)28(25)26;1-6-7-9(4)10(5)8(2)3;1-3-8-5-4-7(2)6-8/h16-28H,9-15H2,1-8H3;8-10H,6-7H2,1-5H3;7-8H,3-6H2,1-2H3. The molecule has 4 rings (SSSR count). The summed E-state index contributed by atoms with van der Waals surface area (Å²) in [6.07, 6.45) is 17.3. The van der Waals surface area contributed by atoms with E-state index in [4.69, 9.17) is 0 Å². The maximum atomic E-state index is 14.9. The van der Waals surface area contributed by atoms with Crippen LogP contribution in [-0.2, 0) is 0 Å². The van der Waals surface area contributed by atoms with Gasteiger partial charge in [0, 0.05) is 0 Å². The molecule has 47 heavy (non-hydrogen) atoms. The van der Waals surface area contributed by atoms with Crippen LogP contribution in [0.3, 0.4) is 0 Å². The second-order valence-corrected chi connectivity index (χ2v) is 19.8. The van der Waals surface area contributed by atoms with E-state index in [1.54, 1.807) is 0 Å². The van der Waals surface area contributed by atoms with E-state index in [1.807, 2.05) is 6.92 Å². The van der Waals surface area contributed by atoms with Gasteiger partial charge in [0.2, 0.25) is 0 Å². The van der Waals surface area contributed by atoms with Crippen LogP contribution in [0.15, 0.2) is 0 Å². The van der Waals surface area contributed by atoms with Crippen LogP contribution < -0.4 is 0 Å². The minimum absolute atomic E-state index is 0.292. The van der Waals surface area contributed by atoms with Crippen molar-refractivity contribution in [1.82, 2.24) is 0 Å². The molecule has 0 nitrogen and oxygen atoms in total. The molecule has 0 saturated heterocycles. The first kappa shape index (κ1) is 43.1. The van der Waals surface area contributed by atoms with Gasteiger partial charge in [0.05, 0.1) is 0 Å². The van der Waals surface area contributed by atoms with Crippen LogP contribution in [0.1, 0.15) is 187 Å². The molecule has 0 heterocycles. The van der Waals surface area contributed by atoms with Crippen molar-refractivity contribution in [1.29, 1.82) is 0 Å². The average Bonchev–Trinajstić information content (AvgIpc) is 3.74. The summed E-state index contributed by atoms with van der Waals surface area (Å²) in [7, 11) is 0. The molecule has 0 bridgehead atoms. The van der Waals surface area contributed by atoms with E-state index >= 15 is 0 Å². The van der Waals surface area contributed by atoms with Crippen LogP contribution in [0, 0.1) is 101 Å². The number of halogens is 1. The number of hydrogen-bond donors (Lipinski definition) is 0.